The van der Waals surface area contributed by atoms with Crippen LogP contribution in [0.1, 0.15) is 5.56 Å². The number of hydrogen-bond acceptors (Lipinski definition) is 3. The molecule has 0 atom stereocenters. The van der Waals surface area contributed by atoms with Gasteiger partial charge in [-0.3, -0.25) is 0 Å². The van der Waals surface area contributed by atoms with Crippen LogP contribution >= 0.6 is 27.3 Å². The zero-order valence-corrected chi connectivity index (χ0v) is 9.15. The summed E-state index contributed by atoms with van der Waals surface area (Å²) in [5.74, 6) is 0. The molecule has 0 saturated carbocycles. The van der Waals surface area contributed by atoms with Gasteiger partial charge in [-0.25, -0.2) is 0 Å². The molecular formula is C9H8BrNOS. The summed E-state index contributed by atoms with van der Waals surface area (Å²) >= 11 is 4.96. The first-order chi connectivity index (χ1) is 6.24. The molecule has 1 aromatic heterocycles. The van der Waals surface area contributed by atoms with E-state index in [1.54, 1.807) is 11.3 Å². The van der Waals surface area contributed by atoms with E-state index in [0.29, 0.717) is 5.69 Å². The normalized spacial score (nSPS) is 10.9. The monoisotopic (exact) mass is 257 g/mol. The first-order valence-corrected chi connectivity index (χ1v) is 5.46. The molecule has 0 unspecified atom stereocenters. The van der Waals surface area contributed by atoms with Crippen LogP contribution in [0.4, 0.5) is 5.69 Å². The van der Waals surface area contributed by atoms with Crippen molar-refractivity contribution in [1.82, 2.24) is 0 Å². The number of benzene rings is 1. The lowest BCUT2D eigenvalue weighted by Gasteiger charge is -2.01. The number of fused-ring (bicyclic) bond motifs is 1. The van der Waals surface area contributed by atoms with Crippen molar-refractivity contribution in [2.45, 2.75) is 6.61 Å². The number of halogens is 1. The molecule has 0 saturated heterocycles. The minimum atomic E-state index is 0.0423. The lowest BCUT2D eigenvalue weighted by atomic mass is 10.1. The quantitative estimate of drug-likeness (QED) is 0.772. The second-order valence-electron chi connectivity index (χ2n) is 2.75. The first-order valence-electron chi connectivity index (χ1n) is 3.79. The molecule has 0 spiro atoms. The lowest BCUT2D eigenvalue weighted by molar-refractivity contribution is 0.284. The van der Waals surface area contributed by atoms with Crippen LogP contribution in [-0.2, 0) is 6.61 Å². The zero-order chi connectivity index (χ0) is 9.42. The van der Waals surface area contributed by atoms with Crippen LogP contribution in [0.3, 0.4) is 0 Å². The largest absolute Gasteiger partial charge is 0.397 e. The fraction of sp³-hybridized carbons (Fsp3) is 0.111. The smallest absolute Gasteiger partial charge is 0.0696 e. The SMILES string of the molecule is Nc1c(Br)ccc2scc(CO)c12. The molecule has 2 aromatic rings. The Kier molecular flexibility index (Phi) is 2.27. The molecule has 1 aromatic carbocycles. The van der Waals surface area contributed by atoms with E-state index >= 15 is 0 Å². The van der Waals surface area contributed by atoms with Gasteiger partial charge in [-0.1, -0.05) is 0 Å². The van der Waals surface area contributed by atoms with Gasteiger partial charge in [-0.15, -0.1) is 11.3 Å². The predicted octanol–water partition coefficient (Wildman–Crippen LogP) is 2.74. The van der Waals surface area contributed by atoms with Gasteiger partial charge in [0, 0.05) is 14.6 Å². The first kappa shape index (κ1) is 8.99. The van der Waals surface area contributed by atoms with Crippen molar-refractivity contribution in [2.24, 2.45) is 0 Å². The molecule has 0 aliphatic rings. The number of aliphatic hydroxyl groups excluding tert-OH is 1. The highest BCUT2D eigenvalue weighted by molar-refractivity contribution is 9.10. The molecule has 0 amide bonds. The van der Waals surface area contributed by atoms with Gasteiger partial charge in [0.1, 0.15) is 0 Å². The molecule has 0 aliphatic carbocycles. The van der Waals surface area contributed by atoms with Gasteiger partial charge in [0.25, 0.3) is 0 Å². The second-order valence-corrected chi connectivity index (χ2v) is 4.52. The zero-order valence-electron chi connectivity index (χ0n) is 6.75. The van der Waals surface area contributed by atoms with Crippen LogP contribution in [0, 0.1) is 0 Å². The number of nitrogen functional groups attached to an aromatic ring is 1. The molecule has 1 heterocycles. The Morgan fingerprint density at radius 2 is 2.23 bits per heavy atom. The van der Waals surface area contributed by atoms with E-state index in [1.807, 2.05) is 17.5 Å². The maximum atomic E-state index is 9.08. The number of anilines is 1. The van der Waals surface area contributed by atoms with E-state index in [9.17, 15) is 0 Å². The minimum absolute atomic E-state index is 0.0423. The van der Waals surface area contributed by atoms with Crippen molar-refractivity contribution in [3.63, 3.8) is 0 Å². The van der Waals surface area contributed by atoms with Gasteiger partial charge in [0.2, 0.25) is 0 Å². The molecule has 0 aliphatic heterocycles. The Morgan fingerprint density at radius 3 is 2.92 bits per heavy atom. The van der Waals surface area contributed by atoms with Crippen LogP contribution in [0.5, 0.6) is 0 Å². The number of aliphatic hydroxyl groups is 1. The van der Waals surface area contributed by atoms with Crippen molar-refractivity contribution in [3.05, 3.63) is 27.5 Å². The number of thiophene rings is 1. The van der Waals surface area contributed by atoms with Gasteiger partial charge in [-0.2, -0.15) is 0 Å². The van der Waals surface area contributed by atoms with E-state index in [0.717, 1.165) is 20.1 Å². The Labute approximate surface area is 88.1 Å². The highest BCUT2D eigenvalue weighted by Gasteiger charge is 2.08. The Balaban J connectivity index is 2.85. The number of rotatable bonds is 1. The third kappa shape index (κ3) is 1.35. The molecule has 13 heavy (non-hydrogen) atoms. The third-order valence-electron chi connectivity index (χ3n) is 1.97. The van der Waals surface area contributed by atoms with Crippen molar-refractivity contribution < 1.29 is 5.11 Å². The van der Waals surface area contributed by atoms with Gasteiger partial charge >= 0.3 is 0 Å². The molecule has 3 N–H and O–H groups in total. The molecule has 68 valence electrons. The average molecular weight is 258 g/mol. The molecular weight excluding hydrogens is 250 g/mol. The van der Waals surface area contributed by atoms with Crippen molar-refractivity contribution in [1.29, 1.82) is 0 Å². The fourth-order valence-corrected chi connectivity index (χ4v) is 2.61. The van der Waals surface area contributed by atoms with Crippen LogP contribution in [0.15, 0.2) is 22.0 Å². The van der Waals surface area contributed by atoms with Crippen LogP contribution in [0.2, 0.25) is 0 Å². The second kappa shape index (κ2) is 3.29. The summed E-state index contributed by atoms with van der Waals surface area (Å²) in [6.45, 7) is 0.0423. The van der Waals surface area contributed by atoms with E-state index in [4.69, 9.17) is 10.8 Å². The van der Waals surface area contributed by atoms with Crippen LogP contribution in [0.25, 0.3) is 10.1 Å². The van der Waals surface area contributed by atoms with Crippen molar-refractivity contribution in [3.8, 4) is 0 Å². The van der Waals surface area contributed by atoms with Gasteiger partial charge in [0.05, 0.1) is 12.3 Å². The topological polar surface area (TPSA) is 46.2 Å². The lowest BCUT2D eigenvalue weighted by Crippen LogP contribution is -1.89. The molecule has 0 fully saturated rings. The van der Waals surface area contributed by atoms with Crippen molar-refractivity contribution >= 4 is 43.0 Å². The molecule has 2 nitrogen and oxygen atoms in total. The standard InChI is InChI=1S/C9H8BrNOS/c10-6-1-2-7-8(9(6)11)5(3-12)4-13-7/h1-2,4,12H,3,11H2. The number of hydrogen-bond donors (Lipinski definition) is 2. The maximum Gasteiger partial charge on any atom is 0.0696 e. The van der Waals surface area contributed by atoms with E-state index in [1.165, 1.54) is 0 Å². The van der Waals surface area contributed by atoms with E-state index in [-0.39, 0.29) is 6.61 Å². The van der Waals surface area contributed by atoms with Crippen LogP contribution in [-0.4, -0.2) is 5.11 Å². The highest BCUT2D eigenvalue weighted by atomic mass is 79.9. The Hall–Kier alpha value is -0.580. The van der Waals surface area contributed by atoms with E-state index in [2.05, 4.69) is 15.9 Å². The average Bonchev–Trinajstić information content (AvgIpc) is 2.55. The summed E-state index contributed by atoms with van der Waals surface area (Å²) < 4.78 is 2.00. The van der Waals surface area contributed by atoms with Crippen molar-refractivity contribution in [2.75, 3.05) is 5.73 Å². The summed E-state index contributed by atoms with van der Waals surface area (Å²) in [5.41, 5.74) is 7.50. The highest BCUT2D eigenvalue weighted by Crippen LogP contribution is 2.35. The summed E-state index contributed by atoms with van der Waals surface area (Å²) in [7, 11) is 0. The van der Waals surface area contributed by atoms with Gasteiger partial charge in [-0.05, 0) is 39.0 Å². The Morgan fingerprint density at radius 1 is 1.46 bits per heavy atom. The summed E-state index contributed by atoms with van der Waals surface area (Å²) in [6, 6.07) is 3.93. The summed E-state index contributed by atoms with van der Waals surface area (Å²) in [4.78, 5) is 0. The van der Waals surface area contributed by atoms with E-state index < -0.39 is 0 Å². The van der Waals surface area contributed by atoms with Gasteiger partial charge < -0.3 is 10.8 Å². The molecule has 0 radical (unpaired) electrons. The number of nitrogens with two attached hydrogens (primary N) is 1. The third-order valence-corrected chi connectivity index (χ3v) is 3.66. The minimum Gasteiger partial charge on any atom is -0.397 e. The van der Waals surface area contributed by atoms with Crippen LogP contribution < -0.4 is 5.73 Å². The molecule has 4 heteroatoms. The summed E-state index contributed by atoms with van der Waals surface area (Å²) in [6.07, 6.45) is 0. The summed E-state index contributed by atoms with van der Waals surface area (Å²) in [5, 5.41) is 12.0. The molecule has 0 bridgehead atoms. The Bertz CT molecular complexity index is 452. The molecule has 2 rings (SSSR count). The maximum absolute atomic E-state index is 9.08. The predicted molar refractivity (Wildman–Crippen MR) is 59.9 cm³/mol. The van der Waals surface area contributed by atoms with Gasteiger partial charge in [0.15, 0.2) is 0 Å². The fourth-order valence-electron chi connectivity index (χ4n) is 1.31.